The first kappa shape index (κ1) is 23.6. The second-order valence-corrected chi connectivity index (χ2v) is 7.24. The first-order valence-electron chi connectivity index (χ1n) is 10.00. The number of hydrogen-bond donors (Lipinski definition) is 2. The van der Waals surface area contributed by atoms with E-state index in [1.807, 2.05) is 19.2 Å². The summed E-state index contributed by atoms with van der Waals surface area (Å²) in [7, 11) is 0.583. The van der Waals surface area contributed by atoms with Gasteiger partial charge in [-0.25, -0.2) is 0 Å². The monoisotopic (exact) mass is 379 g/mol. The molecule has 0 saturated carbocycles. The number of quaternary nitrogens is 1. The van der Waals surface area contributed by atoms with Crippen molar-refractivity contribution in [3.63, 3.8) is 0 Å². The minimum atomic E-state index is -1.44. The molecule has 0 aliphatic rings. The van der Waals surface area contributed by atoms with Crippen LogP contribution in [-0.2, 0) is 16.1 Å². The largest absolute Gasteiger partial charge is 0.488 e. The Balaban J connectivity index is 2.53. The Hall–Kier alpha value is -1.41. The maximum atomic E-state index is 12.0. The van der Waals surface area contributed by atoms with Crippen molar-refractivity contribution in [3.05, 3.63) is 29.8 Å². The lowest BCUT2D eigenvalue weighted by Gasteiger charge is -2.36. The van der Waals surface area contributed by atoms with E-state index in [1.165, 1.54) is 0 Å². The van der Waals surface area contributed by atoms with Gasteiger partial charge in [-0.15, -0.1) is 0 Å². The van der Waals surface area contributed by atoms with Crippen molar-refractivity contribution in [1.29, 1.82) is 0 Å². The molecule has 0 spiro atoms. The maximum Gasteiger partial charge on any atom is 0.488 e. The predicted octanol–water partition coefficient (Wildman–Crippen LogP) is 0.998. The van der Waals surface area contributed by atoms with Crippen LogP contribution in [0.2, 0.25) is 0 Å². The summed E-state index contributed by atoms with van der Waals surface area (Å²) in [5.74, 6) is -0.135. The van der Waals surface area contributed by atoms with Gasteiger partial charge in [-0.1, -0.05) is 31.2 Å². The number of carbonyl (C=O) groups excluding carboxylic acids is 1. The van der Waals surface area contributed by atoms with Gasteiger partial charge in [0.05, 0.1) is 19.5 Å². The van der Waals surface area contributed by atoms with Crippen LogP contribution in [0, 0.1) is 0 Å². The highest BCUT2D eigenvalue weighted by Crippen LogP contribution is 2.14. The van der Waals surface area contributed by atoms with E-state index in [0.29, 0.717) is 18.5 Å². The molecule has 0 bridgehead atoms. The Kier molecular flexibility index (Phi) is 10.6. The molecule has 6 nitrogen and oxygen atoms in total. The van der Waals surface area contributed by atoms with E-state index in [2.05, 4.69) is 25.7 Å². The molecule has 2 N–H and O–H groups in total. The zero-order chi connectivity index (χ0) is 20.3. The second-order valence-electron chi connectivity index (χ2n) is 7.24. The van der Waals surface area contributed by atoms with Crippen LogP contribution in [-0.4, -0.2) is 78.9 Å². The third kappa shape index (κ3) is 8.43. The number of rotatable bonds is 13. The first-order chi connectivity index (χ1) is 12.9. The molecule has 0 heterocycles. The van der Waals surface area contributed by atoms with Gasteiger partial charge in [-0.3, -0.25) is 4.79 Å². The molecular formula is C20H36BN2O4+. The maximum absolute atomic E-state index is 12.0. The molecule has 1 aromatic carbocycles. The van der Waals surface area contributed by atoms with Crippen LogP contribution in [0.15, 0.2) is 24.3 Å². The average molecular weight is 379 g/mol. The van der Waals surface area contributed by atoms with Gasteiger partial charge in [0.1, 0.15) is 19.7 Å². The van der Waals surface area contributed by atoms with Gasteiger partial charge in [-0.05, 0) is 39.3 Å². The van der Waals surface area contributed by atoms with Crippen molar-refractivity contribution < 1.29 is 24.1 Å². The van der Waals surface area contributed by atoms with Gasteiger partial charge in [0.2, 0.25) is 0 Å². The van der Waals surface area contributed by atoms with Crippen LogP contribution < -0.4 is 5.46 Å². The molecule has 0 saturated heterocycles. The van der Waals surface area contributed by atoms with Crippen LogP contribution in [0.25, 0.3) is 0 Å². The zero-order valence-corrected chi connectivity index (χ0v) is 17.4. The highest BCUT2D eigenvalue weighted by atomic mass is 16.5. The Bertz CT molecular complexity index is 547. The van der Waals surface area contributed by atoms with Crippen molar-refractivity contribution in [1.82, 2.24) is 4.90 Å². The van der Waals surface area contributed by atoms with Gasteiger partial charge in [0.15, 0.2) is 0 Å². The number of ether oxygens (including phenoxy) is 1. The van der Waals surface area contributed by atoms with E-state index in [-0.39, 0.29) is 5.97 Å². The van der Waals surface area contributed by atoms with Gasteiger partial charge < -0.3 is 24.2 Å². The lowest BCUT2D eigenvalue weighted by atomic mass is 9.80. The number of nitrogens with zero attached hydrogens (tertiary/aromatic N) is 2. The lowest BCUT2D eigenvalue weighted by molar-refractivity contribution is -0.937. The molecule has 0 amide bonds. The van der Waals surface area contributed by atoms with Crippen molar-refractivity contribution in [3.8, 4) is 0 Å². The molecule has 27 heavy (non-hydrogen) atoms. The summed E-state index contributed by atoms with van der Waals surface area (Å²) in [6.45, 7) is 12.1. The van der Waals surface area contributed by atoms with Crippen LogP contribution in [0.5, 0.6) is 0 Å². The van der Waals surface area contributed by atoms with E-state index >= 15 is 0 Å². The summed E-state index contributed by atoms with van der Waals surface area (Å²) < 4.78 is 6.29. The smallest absolute Gasteiger partial charge is 0.460 e. The topological polar surface area (TPSA) is 70.0 Å². The minimum absolute atomic E-state index is 0.135. The fourth-order valence-electron chi connectivity index (χ4n) is 3.23. The van der Waals surface area contributed by atoms with Gasteiger partial charge in [-0.2, -0.15) is 0 Å². The van der Waals surface area contributed by atoms with Crippen molar-refractivity contribution in [2.24, 2.45) is 0 Å². The van der Waals surface area contributed by atoms with Crippen molar-refractivity contribution >= 4 is 18.6 Å². The standard InChI is InChI=1S/C20H36BN2O4/c1-5-13-22(4)14-12-20(24)27-16-15-23(6-2,7-3)17-18-8-10-19(11-9-18)21(25)26/h8-11,25-26H,5-7,12-17H2,1-4H3/q+1. The molecule has 0 fully saturated rings. The third-order valence-electron chi connectivity index (χ3n) is 5.27. The molecule has 1 aromatic rings. The van der Waals surface area contributed by atoms with Crippen LogP contribution in [0.4, 0.5) is 0 Å². The zero-order valence-electron chi connectivity index (χ0n) is 17.4. The van der Waals surface area contributed by atoms with Gasteiger partial charge in [0, 0.05) is 12.1 Å². The summed E-state index contributed by atoms with van der Waals surface area (Å²) in [4.78, 5) is 14.1. The van der Waals surface area contributed by atoms with Gasteiger partial charge in [0.25, 0.3) is 0 Å². The van der Waals surface area contributed by atoms with Gasteiger partial charge >= 0.3 is 13.1 Å². The normalized spacial score (nSPS) is 11.7. The Labute approximate surface area is 164 Å². The van der Waals surface area contributed by atoms with E-state index in [9.17, 15) is 14.8 Å². The van der Waals surface area contributed by atoms with E-state index in [4.69, 9.17) is 4.74 Å². The number of esters is 1. The Morgan fingerprint density at radius 1 is 1.11 bits per heavy atom. The Morgan fingerprint density at radius 3 is 2.26 bits per heavy atom. The van der Waals surface area contributed by atoms with Crippen LogP contribution >= 0.6 is 0 Å². The molecule has 0 atom stereocenters. The number of carbonyl (C=O) groups is 1. The lowest BCUT2D eigenvalue weighted by Crippen LogP contribution is -2.49. The number of hydrogen-bond acceptors (Lipinski definition) is 5. The molecule has 0 unspecified atom stereocenters. The highest BCUT2D eigenvalue weighted by Gasteiger charge is 2.24. The summed E-state index contributed by atoms with van der Waals surface area (Å²) in [6.07, 6.45) is 1.51. The summed E-state index contributed by atoms with van der Waals surface area (Å²) in [5, 5.41) is 18.4. The molecule has 7 heteroatoms. The Morgan fingerprint density at radius 2 is 1.74 bits per heavy atom. The fourth-order valence-corrected chi connectivity index (χ4v) is 3.23. The SMILES string of the molecule is CCCN(C)CCC(=O)OCC[N+](CC)(CC)Cc1ccc(B(O)O)cc1. The third-order valence-corrected chi connectivity index (χ3v) is 5.27. The summed E-state index contributed by atoms with van der Waals surface area (Å²) in [5.41, 5.74) is 1.63. The van der Waals surface area contributed by atoms with Crippen molar-refractivity contribution in [2.75, 3.05) is 46.4 Å². The number of benzene rings is 1. The molecule has 0 aromatic heterocycles. The first-order valence-corrected chi connectivity index (χ1v) is 10.00. The quantitative estimate of drug-likeness (QED) is 0.304. The molecule has 0 aliphatic heterocycles. The summed E-state index contributed by atoms with van der Waals surface area (Å²) >= 11 is 0. The summed E-state index contributed by atoms with van der Waals surface area (Å²) in [6, 6.07) is 7.35. The second kappa shape index (κ2) is 12.1. The minimum Gasteiger partial charge on any atom is -0.460 e. The average Bonchev–Trinajstić information content (AvgIpc) is 2.66. The molecular weight excluding hydrogens is 343 g/mol. The predicted molar refractivity (Wildman–Crippen MR) is 110 cm³/mol. The fraction of sp³-hybridized carbons (Fsp3) is 0.650. The molecule has 1 rings (SSSR count). The van der Waals surface area contributed by atoms with E-state index in [0.717, 1.165) is 55.7 Å². The van der Waals surface area contributed by atoms with Crippen LogP contribution in [0.1, 0.15) is 39.2 Å². The highest BCUT2D eigenvalue weighted by molar-refractivity contribution is 6.58. The van der Waals surface area contributed by atoms with Crippen LogP contribution in [0.3, 0.4) is 0 Å². The van der Waals surface area contributed by atoms with E-state index < -0.39 is 7.12 Å². The van der Waals surface area contributed by atoms with E-state index in [1.54, 1.807) is 12.1 Å². The molecule has 152 valence electrons. The number of likely N-dealkylation sites (N-methyl/N-ethyl adjacent to an activating group) is 1. The molecule has 0 radical (unpaired) electrons. The molecule has 0 aliphatic carbocycles. The van der Waals surface area contributed by atoms with Crippen molar-refractivity contribution in [2.45, 2.75) is 40.2 Å².